The van der Waals surface area contributed by atoms with Crippen LogP contribution in [-0.4, -0.2) is 37.6 Å². The van der Waals surface area contributed by atoms with Crippen molar-refractivity contribution in [3.05, 3.63) is 29.3 Å². The summed E-state index contributed by atoms with van der Waals surface area (Å²) >= 11 is 0. The van der Waals surface area contributed by atoms with Gasteiger partial charge < -0.3 is 10.6 Å². The molecular weight excluding hydrogens is 210 g/mol. The quantitative estimate of drug-likeness (QED) is 0.807. The summed E-state index contributed by atoms with van der Waals surface area (Å²) in [4.78, 5) is 2.54. The predicted molar refractivity (Wildman–Crippen MR) is 71.4 cm³/mol. The molecule has 0 bridgehead atoms. The minimum Gasteiger partial charge on any atom is -0.385 e. The zero-order valence-electron chi connectivity index (χ0n) is 10.3. The van der Waals surface area contributed by atoms with E-state index >= 15 is 0 Å². The lowest BCUT2D eigenvalue weighted by molar-refractivity contribution is 0.233. The van der Waals surface area contributed by atoms with Gasteiger partial charge >= 0.3 is 0 Å². The lowest BCUT2D eigenvalue weighted by Gasteiger charge is -2.29. The summed E-state index contributed by atoms with van der Waals surface area (Å²) in [6.45, 7) is 6.82. The number of piperazine rings is 1. The van der Waals surface area contributed by atoms with Crippen LogP contribution in [0.4, 0.5) is 5.69 Å². The highest BCUT2D eigenvalue weighted by molar-refractivity contribution is 5.59. The molecule has 2 aliphatic rings. The van der Waals surface area contributed by atoms with Crippen molar-refractivity contribution in [1.29, 1.82) is 0 Å². The maximum Gasteiger partial charge on any atom is 0.0418 e. The Morgan fingerprint density at radius 1 is 1.12 bits per heavy atom. The van der Waals surface area contributed by atoms with Crippen molar-refractivity contribution < 1.29 is 0 Å². The molecule has 0 amide bonds. The molecule has 0 saturated carbocycles. The Morgan fingerprint density at radius 3 is 2.88 bits per heavy atom. The van der Waals surface area contributed by atoms with Gasteiger partial charge in [-0.1, -0.05) is 18.2 Å². The minimum atomic E-state index is 1.10. The zero-order valence-corrected chi connectivity index (χ0v) is 10.3. The maximum atomic E-state index is 3.58. The van der Waals surface area contributed by atoms with Crippen molar-refractivity contribution in [2.75, 3.05) is 38.0 Å². The number of para-hydroxylation sites is 1. The van der Waals surface area contributed by atoms with E-state index in [2.05, 4.69) is 33.7 Å². The van der Waals surface area contributed by atoms with Gasteiger partial charge in [-0.2, -0.15) is 0 Å². The van der Waals surface area contributed by atoms with E-state index in [0.717, 1.165) is 26.2 Å². The number of anilines is 1. The first kappa shape index (κ1) is 11.1. The summed E-state index contributed by atoms with van der Waals surface area (Å²) in [5.41, 5.74) is 4.39. The zero-order chi connectivity index (χ0) is 11.5. The SMILES string of the molecule is c1cc2c(c(CN3CCNCC3)c1)NCCC2. The summed E-state index contributed by atoms with van der Waals surface area (Å²) < 4.78 is 0. The van der Waals surface area contributed by atoms with Crippen LogP contribution in [0.2, 0.25) is 0 Å². The van der Waals surface area contributed by atoms with E-state index in [1.807, 2.05) is 0 Å². The van der Waals surface area contributed by atoms with Crippen LogP contribution in [0.3, 0.4) is 0 Å². The molecule has 17 heavy (non-hydrogen) atoms. The number of nitrogens with zero attached hydrogens (tertiary/aromatic N) is 1. The van der Waals surface area contributed by atoms with E-state index in [1.165, 1.54) is 42.7 Å². The van der Waals surface area contributed by atoms with E-state index in [4.69, 9.17) is 0 Å². The van der Waals surface area contributed by atoms with Gasteiger partial charge in [-0.15, -0.1) is 0 Å². The second-order valence-electron chi connectivity index (χ2n) is 5.01. The molecule has 92 valence electrons. The Morgan fingerprint density at radius 2 is 2.00 bits per heavy atom. The van der Waals surface area contributed by atoms with Crippen molar-refractivity contribution in [3.63, 3.8) is 0 Å². The van der Waals surface area contributed by atoms with Gasteiger partial charge in [-0.3, -0.25) is 4.90 Å². The Bertz CT molecular complexity index is 383. The molecule has 1 aromatic rings. The fourth-order valence-electron chi connectivity index (χ4n) is 2.82. The van der Waals surface area contributed by atoms with Gasteiger partial charge in [0.25, 0.3) is 0 Å². The second-order valence-corrected chi connectivity index (χ2v) is 5.01. The number of aryl methyl sites for hydroxylation is 1. The third-order valence-corrected chi connectivity index (χ3v) is 3.77. The second kappa shape index (κ2) is 5.07. The van der Waals surface area contributed by atoms with E-state index in [0.29, 0.717) is 0 Å². The maximum absolute atomic E-state index is 3.58. The smallest absolute Gasteiger partial charge is 0.0418 e. The average molecular weight is 231 g/mol. The molecule has 1 saturated heterocycles. The van der Waals surface area contributed by atoms with Crippen LogP contribution >= 0.6 is 0 Å². The fraction of sp³-hybridized carbons (Fsp3) is 0.571. The van der Waals surface area contributed by atoms with Gasteiger partial charge in [0.2, 0.25) is 0 Å². The molecule has 3 rings (SSSR count). The number of rotatable bonds is 2. The van der Waals surface area contributed by atoms with Gasteiger partial charge in [0.15, 0.2) is 0 Å². The first-order chi connectivity index (χ1) is 8.43. The monoisotopic (exact) mass is 231 g/mol. The summed E-state index contributed by atoms with van der Waals surface area (Å²) in [6, 6.07) is 6.76. The highest BCUT2D eigenvalue weighted by Crippen LogP contribution is 2.27. The van der Waals surface area contributed by atoms with Crippen LogP contribution in [0, 0.1) is 0 Å². The van der Waals surface area contributed by atoms with Gasteiger partial charge in [0, 0.05) is 45.0 Å². The number of nitrogens with one attached hydrogen (secondary N) is 2. The molecule has 0 spiro atoms. The Balaban J connectivity index is 1.77. The van der Waals surface area contributed by atoms with Crippen LogP contribution in [0.15, 0.2) is 18.2 Å². The summed E-state index contributed by atoms with van der Waals surface area (Å²) in [6.07, 6.45) is 2.50. The summed E-state index contributed by atoms with van der Waals surface area (Å²) in [7, 11) is 0. The molecule has 0 atom stereocenters. The minimum absolute atomic E-state index is 1.10. The van der Waals surface area contributed by atoms with Crippen molar-refractivity contribution in [3.8, 4) is 0 Å². The Kier molecular flexibility index (Phi) is 3.29. The Hall–Kier alpha value is -1.06. The van der Waals surface area contributed by atoms with Gasteiger partial charge in [-0.25, -0.2) is 0 Å². The number of hydrogen-bond acceptors (Lipinski definition) is 3. The molecule has 2 heterocycles. The number of benzene rings is 1. The van der Waals surface area contributed by atoms with Crippen LogP contribution < -0.4 is 10.6 Å². The van der Waals surface area contributed by atoms with E-state index < -0.39 is 0 Å². The van der Waals surface area contributed by atoms with Gasteiger partial charge in [0.1, 0.15) is 0 Å². The highest BCUT2D eigenvalue weighted by Gasteiger charge is 2.15. The first-order valence-electron chi connectivity index (χ1n) is 6.71. The molecule has 0 unspecified atom stereocenters. The third kappa shape index (κ3) is 2.45. The molecule has 0 aliphatic carbocycles. The van der Waals surface area contributed by atoms with Crippen LogP contribution in [0.5, 0.6) is 0 Å². The third-order valence-electron chi connectivity index (χ3n) is 3.77. The van der Waals surface area contributed by atoms with Crippen molar-refractivity contribution >= 4 is 5.69 Å². The average Bonchev–Trinajstić information content (AvgIpc) is 2.40. The number of hydrogen-bond donors (Lipinski definition) is 2. The van der Waals surface area contributed by atoms with E-state index in [9.17, 15) is 0 Å². The van der Waals surface area contributed by atoms with Crippen molar-refractivity contribution in [2.45, 2.75) is 19.4 Å². The molecule has 3 heteroatoms. The van der Waals surface area contributed by atoms with Crippen LogP contribution in [-0.2, 0) is 13.0 Å². The molecule has 2 aliphatic heterocycles. The molecule has 3 nitrogen and oxygen atoms in total. The lowest BCUT2D eigenvalue weighted by Crippen LogP contribution is -2.43. The normalized spacial score (nSPS) is 20.7. The molecule has 1 aromatic carbocycles. The summed E-state index contributed by atoms with van der Waals surface area (Å²) in [5, 5.41) is 6.98. The van der Waals surface area contributed by atoms with Crippen LogP contribution in [0.25, 0.3) is 0 Å². The van der Waals surface area contributed by atoms with Gasteiger partial charge in [-0.05, 0) is 24.0 Å². The van der Waals surface area contributed by atoms with E-state index in [-0.39, 0.29) is 0 Å². The van der Waals surface area contributed by atoms with Crippen LogP contribution in [0.1, 0.15) is 17.5 Å². The van der Waals surface area contributed by atoms with Gasteiger partial charge in [0.05, 0.1) is 0 Å². The fourth-order valence-corrected chi connectivity index (χ4v) is 2.82. The van der Waals surface area contributed by atoms with Crippen molar-refractivity contribution in [1.82, 2.24) is 10.2 Å². The number of fused-ring (bicyclic) bond motifs is 1. The van der Waals surface area contributed by atoms with Crippen molar-refractivity contribution in [2.24, 2.45) is 0 Å². The molecule has 2 N–H and O–H groups in total. The van der Waals surface area contributed by atoms with E-state index in [1.54, 1.807) is 0 Å². The largest absolute Gasteiger partial charge is 0.385 e. The predicted octanol–water partition coefficient (Wildman–Crippen LogP) is 1.45. The first-order valence-corrected chi connectivity index (χ1v) is 6.71. The molecule has 0 radical (unpaired) electrons. The molecular formula is C14H21N3. The lowest BCUT2D eigenvalue weighted by atomic mass is 9.99. The standard InChI is InChI=1S/C14H21N3/c1-3-12-5-2-6-16-14(12)13(4-1)11-17-9-7-15-8-10-17/h1,3-4,15-16H,2,5-11H2. The molecule has 1 fully saturated rings. The summed E-state index contributed by atoms with van der Waals surface area (Å²) in [5.74, 6) is 0. The Labute approximate surface area is 103 Å². The highest BCUT2D eigenvalue weighted by atomic mass is 15.2. The topological polar surface area (TPSA) is 27.3 Å². The molecule has 0 aromatic heterocycles.